The molecule has 118 valence electrons. The molecule has 0 saturated carbocycles. The van der Waals surface area contributed by atoms with Crippen molar-refractivity contribution in [2.24, 2.45) is 0 Å². The number of benzene rings is 2. The van der Waals surface area contributed by atoms with E-state index < -0.39 is 0 Å². The Bertz CT molecular complexity index is 851. The minimum atomic E-state index is 0.311. The lowest BCUT2D eigenvalue weighted by atomic mass is 9.93. The van der Waals surface area contributed by atoms with E-state index in [0.29, 0.717) is 6.04 Å². The number of aromatic nitrogens is 1. The second-order valence-corrected chi connectivity index (χ2v) is 6.75. The number of fused-ring (bicyclic) bond motifs is 3. The fraction of sp³-hybridized carbons (Fsp3) is 0.300. The van der Waals surface area contributed by atoms with Gasteiger partial charge in [0.15, 0.2) is 0 Å². The third kappa shape index (κ3) is 2.29. The molecule has 0 saturated heterocycles. The molecule has 1 aromatic heterocycles. The van der Waals surface area contributed by atoms with Gasteiger partial charge < -0.3 is 4.57 Å². The molecule has 0 amide bonds. The van der Waals surface area contributed by atoms with E-state index >= 15 is 0 Å². The van der Waals surface area contributed by atoms with Crippen LogP contribution in [0.1, 0.15) is 29.8 Å². The molecule has 0 radical (unpaired) electrons. The number of nitrogens with zero attached hydrogens (tertiary/aromatic N) is 2. The highest BCUT2D eigenvalue weighted by Gasteiger charge is 2.31. The van der Waals surface area contributed by atoms with Crippen molar-refractivity contribution in [3.05, 3.63) is 70.4 Å². The molecule has 0 bridgehead atoms. The van der Waals surface area contributed by atoms with E-state index in [4.69, 9.17) is 11.6 Å². The van der Waals surface area contributed by atoms with Gasteiger partial charge in [-0.1, -0.05) is 41.9 Å². The summed E-state index contributed by atoms with van der Waals surface area (Å²) >= 11 is 6.28. The summed E-state index contributed by atoms with van der Waals surface area (Å²) in [5, 5.41) is 2.15. The lowest BCUT2D eigenvalue weighted by Gasteiger charge is -2.34. The zero-order valence-electron chi connectivity index (χ0n) is 13.6. The van der Waals surface area contributed by atoms with E-state index in [2.05, 4.69) is 65.9 Å². The van der Waals surface area contributed by atoms with E-state index in [1.54, 1.807) is 0 Å². The fourth-order valence-corrected chi connectivity index (χ4v) is 4.18. The van der Waals surface area contributed by atoms with Crippen LogP contribution in [-0.4, -0.2) is 23.1 Å². The molecule has 0 fully saturated rings. The monoisotopic (exact) mass is 324 g/mol. The normalized spacial score (nSPS) is 18.3. The van der Waals surface area contributed by atoms with Gasteiger partial charge in [0.25, 0.3) is 0 Å². The maximum atomic E-state index is 6.28. The maximum absolute atomic E-state index is 6.28. The summed E-state index contributed by atoms with van der Waals surface area (Å²) in [6, 6.07) is 17.4. The van der Waals surface area contributed by atoms with Gasteiger partial charge >= 0.3 is 0 Å². The Kier molecular flexibility index (Phi) is 3.67. The van der Waals surface area contributed by atoms with E-state index in [1.807, 2.05) is 6.07 Å². The van der Waals surface area contributed by atoms with E-state index in [1.165, 1.54) is 27.7 Å². The van der Waals surface area contributed by atoms with Crippen LogP contribution in [0.3, 0.4) is 0 Å². The van der Waals surface area contributed by atoms with Crippen LogP contribution in [0.2, 0.25) is 5.02 Å². The average Bonchev–Trinajstić information content (AvgIpc) is 2.88. The number of hydrogen-bond acceptors (Lipinski definition) is 1. The van der Waals surface area contributed by atoms with Crippen molar-refractivity contribution in [1.82, 2.24) is 9.47 Å². The first-order valence-electron chi connectivity index (χ1n) is 8.26. The zero-order valence-corrected chi connectivity index (χ0v) is 14.3. The third-order valence-electron chi connectivity index (χ3n) is 5.02. The molecular weight excluding hydrogens is 304 g/mol. The van der Waals surface area contributed by atoms with Gasteiger partial charge in [0.1, 0.15) is 0 Å². The van der Waals surface area contributed by atoms with Crippen molar-refractivity contribution in [2.45, 2.75) is 25.9 Å². The van der Waals surface area contributed by atoms with Crippen LogP contribution < -0.4 is 0 Å². The van der Waals surface area contributed by atoms with Gasteiger partial charge in [0.2, 0.25) is 0 Å². The predicted octanol–water partition coefficient (Wildman–Crippen LogP) is 4.89. The Morgan fingerprint density at radius 2 is 1.91 bits per heavy atom. The molecule has 0 aliphatic carbocycles. The quantitative estimate of drug-likeness (QED) is 0.651. The number of rotatable bonds is 2. The first-order chi connectivity index (χ1) is 11.2. The van der Waals surface area contributed by atoms with Gasteiger partial charge in [0.05, 0.1) is 6.04 Å². The molecule has 3 heteroatoms. The van der Waals surface area contributed by atoms with Crippen LogP contribution >= 0.6 is 11.6 Å². The van der Waals surface area contributed by atoms with E-state index in [0.717, 1.165) is 24.5 Å². The Morgan fingerprint density at radius 3 is 2.65 bits per heavy atom. The highest BCUT2D eigenvalue weighted by Crippen LogP contribution is 2.40. The van der Waals surface area contributed by atoms with Crippen molar-refractivity contribution >= 4 is 22.5 Å². The topological polar surface area (TPSA) is 8.17 Å². The van der Waals surface area contributed by atoms with Crippen LogP contribution in [0.4, 0.5) is 0 Å². The van der Waals surface area contributed by atoms with E-state index in [9.17, 15) is 0 Å². The second-order valence-electron chi connectivity index (χ2n) is 6.31. The third-order valence-corrected chi connectivity index (χ3v) is 5.26. The molecule has 1 atom stereocenters. The number of hydrogen-bond donors (Lipinski definition) is 0. The maximum Gasteiger partial charge on any atom is 0.0757 e. The largest absolute Gasteiger partial charge is 0.343 e. The fourth-order valence-electron chi connectivity index (χ4n) is 4.01. The highest BCUT2D eigenvalue weighted by atomic mass is 35.5. The second kappa shape index (κ2) is 5.70. The van der Waals surface area contributed by atoms with Crippen LogP contribution in [0.25, 0.3) is 10.9 Å². The van der Waals surface area contributed by atoms with Crippen LogP contribution in [-0.2, 0) is 13.0 Å². The smallest absolute Gasteiger partial charge is 0.0757 e. The SMILES string of the molecule is CCn1c2c(c3cc(Cl)ccc31)CCN(C)C2c1ccccc1. The summed E-state index contributed by atoms with van der Waals surface area (Å²) < 4.78 is 2.47. The van der Waals surface area contributed by atoms with Crippen molar-refractivity contribution in [3.8, 4) is 0 Å². The molecule has 2 heterocycles. The highest BCUT2D eigenvalue weighted by molar-refractivity contribution is 6.31. The van der Waals surface area contributed by atoms with Crippen molar-refractivity contribution < 1.29 is 0 Å². The first-order valence-corrected chi connectivity index (χ1v) is 8.64. The van der Waals surface area contributed by atoms with Crippen LogP contribution in [0.15, 0.2) is 48.5 Å². The predicted molar refractivity (Wildman–Crippen MR) is 97.2 cm³/mol. The average molecular weight is 325 g/mol. The van der Waals surface area contributed by atoms with Gasteiger partial charge in [-0.25, -0.2) is 0 Å². The van der Waals surface area contributed by atoms with Gasteiger partial charge in [-0.05, 0) is 49.7 Å². The summed E-state index contributed by atoms with van der Waals surface area (Å²) in [6.45, 7) is 4.28. The molecule has 0 N–H and O–H groups in total. The molecule has 2 aromatic carbocycles. The van der Waals surface area contributed by atoms with Gasteiger partial charge in [0, 0.05) is 34.7 Å². The molecule has 0 spiro atoms. The summed E-state index contributed by atoms with van der Waals surface area (Å²) in [5.74, 6) is 0. The Hall–Kier alpha value is -1.77. The van der Waals surface area contributed by atoms with Crippen LogP contribution in [0.5, 0.6) is 0 Å². The number of aryl methyl sites for hydroxylation is 1. The van der Waals surface area contributed by atoms with Crippen molar-refractivity contribution in [2.75, 3.05) is 13.6 Å². The molecule has 23 heavy (non-hydrogen) atoms. The lowest BCUT2D eigenvalue weighted by molar-refractivity contribution is 0.255. The minimum absolute atomic E-state index is 0.311. The molecule has 2 nitrogen and oxygen atoms in total. The van der Waals surface area contributed by atoms with Gasteiger partial charge in [-0.2, -0.15) is 0 Å². The van der Waals surface area contributed by atoms with Gasteiger partial charge in [-0.15, -0.1) is 0 Å². The lowest BCUT2D eigenvalue weighted by Crippen LogP contribution is -2.34. The summed E-state index contributed by atoms with van der Waals surface area (Å²) in [6.07, 6.45) is 1.08. The summed E-state index contributed by atoms with van der Waals surface area (Å²) in [4.78, 5) is 2.46. The molecule has 1 aliphatic rings. The Morgan fingerprint density at radius 1 is 1.13 bits per heavy atom. The molecule has 4 rings (SSSR count). The standard InChI is InChI=1S/C20H21ClN2/c1-3-23-18-10-9-15(21)13-17(18)16-11-12-22(2)19(20(16)23)14-7-5-4-6-8-14/h4-10,13,19H,3,11-12H2,1-2H3. The van der Waals surface area contributed by atoms with Crippen molar-refractivity contribution in [1.29, 1.82) is 0 Å². The molecule has 3 aromatic rings. The van der Waals surface area contributed by atoms with E-state index in [-0.39, 0.29) is 0 Å². The summed E-state index contributed by atoms with van der Waals surface area (Å²) in [7, 11) is 2.23. The first kappa shape index (κ1) is 14.8. The summed E-state index contributed by atoms with van der Waals surface area (Å²) in [5.41, 5.74) is 5.57. The zero-order chi connectivity index (χ0) is 16.0. The molecule has 1 unspecified atom stereocenters. The minimum Gasteiger partial charge on any atom is -0.343 e. The Balaban J connectivity index is 2.02. The Labute approximate surface area is 142 Å². The van der Waals surface area contributed by atoms with Crippen LogP contribution in [0, 0.1) is 0 Å². The molecular formula is C20H21ClN2. The van der Waals surface area contributed by atoms with Gasteiger partial charge in [-0.3, -0.25) is 4.90 Å². The molecule has 1 aliphatic heterocycles. The van der Waals surface area contributed by atoms with Crippen molar-refractivity contribution in [3.63, 3.8) is 0 Å². The number of likely N-dealkylation sites (N-methyl/N-ethyl adjacent to an activating group) is 1. The number of halogens is 1.